The van der Waals surface area contributed by atoms with Gasteiger partial charge in [0.05, 0.1) is 27.8 Å². The summed E-state index contributed by atoms with van der Waals surface area (Å²) in [6.45, 7) is 8.59. The minimum absolute atomic E-state index is 0.146. The minimum atomic E-state index is -0.146. The summed E-state index contributed by atoms with van der Waals surface area (Å²) in [6, 6.07) is 0. The van der Waals surface area contributed by atoms with Gasteiger partial charge in [-0.05, 0) is 32.6 Å². The SMILES string of the molecule is CCC(=O)c1sc(N2CCOC(C)(C)C2)c(C2CC2)c1N. The number of ketones is 1. The molecule has 2 aliphatic rings. The van der Waals surface area contributed by atoms with Crippen LogP contribution in [0.2, 0.25) is 0 Å². The van der Waals surface area contributed by atoms with Crippen LogP contribution >= 0.6 is 11.3 Å². The van der Waals surface area contributed by atoms with Crippen molar-refractivity contribution in [1.29, 1.82) is 0 Å². The summed E-state index contributed by atoms with van der Waals surface area (Å²) in [4.78, 5) is 15.3. The number of ether oxygens (including phenoxy) is 1. The lowest BCUT2D eigenvalue weighted by molar-refractivity contribution is -0.0275. The van der Waals surface area contributed by atoms with E-state index in [-0.39, 0.29) is 11.4 Å². The number of anilines is 2. The highest BCUT2D eigenvalue weighted by Crippen LogP contribution is 2.52. The summed E-state index contributed by atoms with van der Waals surface area (Å²) in [5, 5.41) is 1.21. The molecule has 0 atom stereocenters. The summed E-state index contributed by atoms with van der Waals surface area (Å²) in [5.74, 6) is 0.721. The maximum atomic E-state index is 12.1. The van der Waals surface area contributed by atoms with E-state index in [2.05, 4.69) is 18.7 Å². The number of carbonyl (C=O) groups is 1. The average Bonchev–Trinajstić information content (AvgIpc) is 3.20. The molecule has 1 saturated heterocycles. The van der Waals surface area contributed by atoms with Crippen LogP contribution in [0.15, 0.2) is 0 Å². The monoisotopic (exact) mass is 308 g/mol. The van der Waals surface area contributed by atoms with Gasteiger partial charge in [0, 0.05) is 25.1 Å². The average molecular weight is 308 g/mol. The van der Waals surface area contributed by atoms with Crippen LogP contribution in [-0.4, -0.2) is 31.1 Å². The number of hydrogen-bond acceptors (Lipinski definition) is 5. The van der Waals surface area contributed by atoms with E-state index < -0.39 is 0 Å². The van der Waals surface area contributed by atoms with E-state index in [1.54, 1.807) is 11.3 Å². The van der Waals surface area contributed by atoms with Gasteiger partial charge in [0.1, 0.15) is 0 Å². The molecule has 21 heavy (non-hydrogen) atoms. The molecule has 0 unspecified atom stereocenters. The van der Waals surface area contributed by atoms with Crippen LogP contribution < -0.4 is 10.6 Å². The van der Waals surface area contributed by atoms with Crippen LogP contribution in [0.25, 0.3) is 0 Å². The van der Waals surface area contributed by atoms with Crippen molar-refractivity contribution >= 4 is 27.8 Å². The minimum Gasteiger partial charge on any atom is -0.397 e. The highest BCUT2D eigenvalue weighted by Gasteiger charge is 2.36. The Morgan fingerprint density at radius 2 is 2.19 bits per heavy atom. The van der Waals surface area contributed by atoms with Crippen molar-refractivity contribution in [2.75, 3.05) is 30.3 Å². The van der Waals surface area contributed by atoms with E-state index in [4.69, 9.17) is 10.5 Å². The van der Waals surface area contributed by atoms with E-state index in [1.807, 2.05) is 6.92 Å². The fourth-order valence-corrected chi connectivity index (χ4v) is 4.35. The van der Waals surface area contributed by atoms with Crippen molar-refractivity contribution in [2.45, 2.75) is 51.6 Å². The molecular formula is C16H24N2O2S. The molecule has 0 radical (unpaired) electrons. The fraction of sp³-hybridized carbons (Fsp3) is 0.688. The summed E-state index contributed by atoms with van der Waals surface area (Å²) >= 11 is 1.59. The summed E-state index contributed by atoms with van der Waals surface area (Å²) in [7, 11) is 0. The zero-order chi connectivity index (χ0) is 15.2. The molecular weight excluding hydrogens is 284 g/mol. The van der Waals surface area contributed by atoms with Gasteiger partial charge < -0.3 is 15.4 Å². The zero-order valence-electron chi connectivity index (χ0n) is 13.1. The molecule has 2 fully saturated rings. The fourth-order valence-electron chi connectivity index (χ4n) is 3.00. The maximum Gasteiger partial charge on any atom is 0.174 e. The Morgan fingerprint density at radius 1 is 1.48 bits per heavy atom. The number of carbonyl (C=O) groups excluding carboxylic acids is 1. The number of morpholine rings is 1. The lowest BCUT2D eigenvalue weighted by Gasteiger charge is -2.39. The number of nitrogens with two attached hydrogens (primary N) is 1. The van der Waals surface area contributed by atoms with Gasteiger partial charge in [0.2, 0.25) is 0 Å². The van der Waals surface area contributed by atoms with Crippen LogP contribution in [0, 0.1) is 0 Å². The second-order valence-electron chi connectivity index (χ2n) is 6.64. The van der Waals surface area contributed by atoms with Gasteiger partial charge in [-0.1, -0.05) is 6.92 Å². The van der Waals surface area contributed by atoms with Crippen molar-refractivity contribution < 1.29 is 9.53 Å². The molecule has 1 aromatic heterocycles. The molecule has 1 aromatic rings. The largest absolute Gasteiger partial charge is 0.397 e. The number of Topliss-reactive ketones (excluding diaryl/α,β-unsaturated/α-hetero) is 1. The van der Waals surface area contributed by atoms with Crippen molar-refractivity contribution in [2.24, 2.45) is 0 Å². The number of nitrogen functional groups attached to an aromatic ring is 1. The van der Waals surface area contributed by atoms with Crippen LogP contribution in [0.1, 0.15) is 61.2 Å². The molecule has 0 amide bonds. The Morgan fingerprint density at radius 3 is 2.76 bits per heavy atom. The van der Waals surface area contributed by atoms with E-state index in [9.17, 15) is 4.79 Å². The quantitative estimate of drug-likeness (QED) is 0.866. The molecule has 2 N–H and O–H groups in total. The molecule has 2 heterocycles. The first-order valence-corrected chi connectivity index (χ1v) is 8.59. The summed E-state index contributed by atoms with van der Waals surface area (Å²) in [5.41, 5.74) is 8.16. The predicted octanol–water partition coefficient (Wildman–Crippen LogP) is 3.42. The lowest BCUT2D eigenvalue weighted by Crippen LogP contribution is -2.48. The first-order valence-electron chi connectivity index (χ1n) is 7.77. The molecule has 1 aliphatic carbocycles. The normalized spacial score (nSPS) is 21.6. The molecule has 3 rings (SSSR count). The molecule has 0 aromatic carbocycles. The van der Waals surface area contributed by atoms with Crippen molar-refractivity contribution in [3.63, 3.8) is 0 Å². The third-order valence-electron chi connectivity index (χ3n) is 4.24. The van der Waals surface area contributed by atoms with Crippen LogP contribution in [0.4, 0.5) is 10.7 Å². The van der Waals surface area contributed by atoms with Gasteiger partial charge in [0.25, 0.3) is 0 Å². The highest BCUT2D eigenvalue weighted by atomic mass is 32.1. The Labute approximate surface area is 130 Å². The third-order valence-corrected chi connectivity index (χ3v) is 5.56. The Hall–Kier alpha value is -1.07. The second kappa shape index (κ2) is 5.29. The van der Waals surface area contributed by atoms with Gasteiger partial charge in [-0.25, -0.2) is 0 Å². The third kappa shape index (κ3) is 2.81. The lowest BCUT2D eigenvalue weighted by atomic mass is 10.1. The van der Waals surface area contributed by atoms with Gasteiger partial charge in [0.15, 0.2) is 5.78 Å². The van der Waals surface area contributed by atoms with Gasteiger partial charge in [-0.15, -0.1) is 11.3 Å². The van der Waals surface area contributed by atoms with Gasteiger partial charge in [-0.3, -0.25) is 4.79 Å². The molecule has 1 aliphatic heterocycles. The van der Waals surface area contributed by atoms with E-state index >= 15 is 0 Å². The van der Waals surface area contributed by atoms with Crippen molar-refractivity contribution in [3.05, 3.63) is 10.4 Å². The van der Waals surface area contributed by atoms with E-state index in [0.717, 1.165) is 30.3 Å². The first kappa shape index (κ1) is 14.9. The highest BCUT2D eigenvalue weighted by molar-refractivity contribution is 7.19. The molecule has 4 nitrogen and oxygen atoms in total. The Bertz CT molecular complexity index is 561. The molecule has 116 valence electrons. The Kier molecular flexibility index (Phi) is 3.74. The maximum absolute atomic E-state index is 12.1. The molecule has 0 spiro atoms. The molecule has 5 heteroatoms. The standard InChI is InChI=1S/C16H24N2O2S/c1-4-11(19)14-13(17)12(10-5-6-10)15(21-14)18-7-8-20-16(2,3)9-18/h10H,4-9,17H2,1-3H3. The van der Waals surface area contributed by atoms with Gasteiger partial charge in [-0.2, -0.15) is 0 Å². The van der Waals surface area contributed by atoms with Crippen molar-refractivity contribution in [1.82, 2.24) is 0 Å². The molecule has 1 saturated carbocycles. The summed E-state index contributed by atoms with van der Waals surface area (Å²) in [6.07, 6.45) is 2.91. The first-order chi connectivity index (χ1) is 9.93. The topological polar surface area (TPSA) is 55.6 Å². The van der Waals surface area contributed by atoms with Crippen LogP contribution in [0.5, 0.6) is 0 Å². The van der Waals surface area contributed by atoms with E-state index in [0.29, 0.717) is 12.3 Å². The molecule has 0 bridgehead atoms. The van der Waals surface area contributed by atoms with Crippen molar-refractivity contribution in [3.8, 4) is 0 Å². The number of thiophene rings is 1. The number of rotatable bonds is 4. The van der Waals surface area contributed by atoms with Crippen LogP contribution in [0.3, 0.4) is 0 Å². The second-order valence-corrected chi connectivity index (χ2v) is 7.64. The smallest absolute Gasteiger partial charge is 0.174 e. The predicted molar refractivity (Wildman–Crippen MR) is 87.6 cm³/mol. The number of hydrogen-bond donors (Lipinski definition) is 1. The van der Waals surface area contributed by atoms with Crippen LogP contribution in [-0.2, 0) is 4.74 Å². The summed E-state index contributed by atoms with van der Waals surface area (Å²) < 4.78 is 5.80. The zero-order valence-corrected chi connectivity index (χ0v) is 13.9. The van der Waals surface area contributed by atoms with E-state index in [1.165, 1.54) is 23.4 Å². The Balaban J connectivity index is 1.99. The van der Waals surface area contributed by atoms with Gasteiger partial charge >= 0.3 is 0 Å². The number of nitrogens with zero attached hydrogens (tertiary/aromatic N) is 1.